The minimum absolute atomic E-state index is 0.258. The number of carbonyl (C=O) groups is 2. The summed E-state index contributed by atoms with van der Waals surface area (Å²) in [5, 5.41) is 3.68. The van der Waals surface area contributed by atoms with Gasteiger partial charge in [-0.2, -0.15) is 0 Å². The number of carbonyl (C=O) groups excluding carboxylic acids is 2. The van der Waals surface area contributed by atoms with Crippen molar-refractivity contribution in [3.63, 3.8) is 0 Å². The zero-order chi connectivity index (χ0) is 24.0. The Hall–Kier alpha value is -4.26. The standard InChI is InChI=1S/C27H23FN4O2/c1-15-12-13-21-19(16(15)2)14-22(29-21)26(33)31-25-27(34)32(3)23-11-7-5-9-18(23)24(30-25)17-8-4-6-10-20(17)28/h4-14,25,29H,1-3H3,(H,31,33). The van der Waals surface area contributed by atoms with E-state index in [4.69, 9.17) is 0 Å². The number of nitrogens with one attached hydrogen (secondary N) is 2. The van der Waals surface area contributed by atoms with Crippen molar-refractivity contribution in [2.45, 2.75) is 20.0 Å². The first kappa shape index (κ1) is 21.6. The SMILES string of the molecule is Cc1ccc2[nH]c(C(=O)NC3N=C(c4ccccc4F)c4ccccc4N(C)C3=O)cc2c1C. The molecule has 2 amide bonds. The quantitative estimate of drug-likeness (QED) is 0.478. The predicted molar refractivity (Wildman–Crippen MR) is 131 cm³/mol. The molecule has 3 aromatic carbocycles. The monoisotopic (exact) mass is 454 g/mol. The summed E-state index contributed by atoms with van der Waals surface area (Å²) >= 11 is 0. The first-order valence-corrected chi connectivity index (χ1v) is 10.9. The zero-order valence-corrected chi connectivity index (χ0v) is 19.0. The number of para-hydroxylation sites is 1. The molecule has 6 nitrogen and oxygen atoms in total. The summed E-state index contributed by atoms with van der Waals surface area (Å²) in [6.07, 6.45) is -1.23. The molecule has 2 N–H and O–H groups in total. The summed E-state index contributed by atoms with van der Waals surface area (Å²) < 4.78 is 14.8. The van der Waals surface area contributed by atoms with Gasteiger partial charge in [0.05, 0.1) is 11.4 Å². The second-order valence-corrected chi connectivity index (χ2v) is 8.40. The molecule has 1 aliphatic heterocycles. The molecular weight excluding hydrogens is 431 g/mol. The lowest BCUT2D eigenvalue weighted by Gasteiger charge is -2.20. The van der Waals surface area contributed by atoms with Crippen LogP contribution in [0.2, 0.25) is 0 Å². The summed E-state index contributed by atoms with van der Waals surface area (Å²) in [7, 11) is 1.62. The highest BCUT2D eigenvalue weighted by molar-refractivity contribution is 6.20. The van der Waals surface area contributed by atoms with Gasteiger partial charge in [0.15, 0.2) is 0 Å². The topological polar surface area (TPSA) is 77.6 Å². The van der Waals surface area contributed by atoms with Crippen LogP contribution in [-0.4, -0.2) is 35.7 Å². The van der Waals surface area contributed by atoms with Gasteiger partial charge in [-0.05, 0) is 55.3 Å². The van der Waals surface area contributed by atoms with Gasteiger partial charge in [0, 0.05) is 29.1 Å². The van der Waals surface area contributed by atoms with E-state index < -0.39 is 23.8 Å². The number of hydrogen-bond donors (Lipinski definition) is 2. The van der Waals surface area contributed by atoms with Crippen molar-refractivity contribution in [3.05, 3.63) is 100 Å². The third kappa shape index (κ3) is 3.55. The van der Waals surface area contributed by atoms with Crippen LogP contribution in [0.15, 0.2) is 71.7 Å². The Balaban J connectivity index is 1.58. The molecule has 0 aliphatic carbocycles. The number of aliphatic imine (C=N–C) groups is 1. The van der Waals surface area contributed by atoms with E-state index in [0.29, 0.717) is 22.7 Å². The Labute approximate surface area is 196 Å². The molecule has 1 unspecified atom stereocenters. The summed E-state index contributed by atoms with van der Waals surface area (Å²) in [5.41, 5.74) is 5.11. The number of benzodiazepines with no additional fused rings is 1. The summed E-state index contributed by atoms with van der Waals surface area (Å²) in [6, 6.07) is 19.1. The lowest BCUT2D eigenvalue weighted by molar-refractivity contribution is -0.119. The number of H-pyrrole nitrogens is 1. The second kappa shape index (κ2) is 8.26. The minimum Gasteiger partial charge on any atom is -0.351 e. The van der Waals surface area contributed by atoms with Crippen molar-refractivity contribution >= 4 is 34.1 Å². The highest BCUT2D eigenvalue weighted by Gasteiger charge is 2.32. The molecule has 0 spiro atoms. The lowest BCUT2D eigenvalue weighted by Crippen LogP contribution is -2.46. The smallest absolute Gasteiger partial charge is 0.272 e. The van der Waals surface area contributed by atoms with Gasteiger partial charge >= 0.3 is 0 Å². The first-order chi connectivity index (χ1) is 16.3. The number of rotatable bonds is 3. The van der Waals surface area contributed by atoms with Crippen molar-refractivity contribution in [2.24, 2.45) is 4.99 Å². The number of anilines is 1. The molecule has 0 saturated carbocycles. The number of aryl methyl sites for hydroxylation is 2. The molecule has 7 heteroatoms. The van der Waals surface area contributed by atoms with Crippen molar-refractivity contribution < 1.29 is 14.0 Å². The molecule has 0 bridgehead atoms. The van der Waals surface area contributed by atoms with Gasteiger partial charge in [-0.25, -0.2) is 9.38 Å². The average Bonchev–Trinajstić information content (AvgIpc) is 3.25. The average molecular weight is 455 g/mol. The van der Waals surface area contributed by atoms with Crippen LogP contribution >= 0.6 is 0 Å². The van der Waals surface area contributed by atoms with E-state index in [0.717, 1.165) is 22.0 Å². The number of aromatic amines is 1. The Morgan fingerprint density at radius 2 is 1.74 bits per heavy atom. The molecule has 170 valence electrons. The van der Waals surface area contributed by atoms with Gasteiger partial charge in [-0.15, -0.1) is 0 Å². The van der Waals surface area contributed by atoms with E-state index in [1.54, 1.807) is 55.6 Å². The van der Waals surface area contributed by atoms with Crippen molar-refractivity contribution in [1.29, 1.82) is 0 Å². The maximum atomic E-state index is 14.8. The maximum Gasteiger partial charge on any atom is 0.272 e. The van der Waals surface area contributed by atoms with Gasteiger partial charge in [-0.3, -0.25) is 9.59 Å². The summed E-state index contributed by atoms with van der Waals surface area (Å²) in [5.74, 6) is -1.35. The van der Waals surface area contributed by atoms with Gasteiger partial charge in [0.25, 0.3) is 11.8 Å². The highest BCUT2D eigenvalue weighted by Crippen LogP contribution is 2.28. The molecule has 34 heavy (non-hydrogen) atoms. The van der Waals surface area contributed by atoms with E-state index in [9.17, 15) is 14.0 Å². The van der Waals surface area contributed by atoms with Gasteiger partial charge in [0.2, 0.25) is 6.17 Å². The van der Waals surface area contributed by atoms with Crippen LogP contribution in [0.4, 0.5) is 10.1 Å². The normalized spacial score (nSPS) is 15.6. The highest BCUT2D eigenvalue weighted by atomic mass is 19.1. The predicted octanol–water partition coefficient (Wildman–Crippen LogP) is 4.49. The zero-order valence-electron chi connectivity index (χ0n) is 19.0. The molecule has 0 saturated heterocycles. The number of benzene rings is 3. The second-order valence-electron chi connectivity index (χ2n) is 8.40. The minimum atomic E-state index is -1.23. The van der Waals surface area contributed by atoms with Gasteiger partial charge < -0.3 is 15.2 Å². The van der Waals surface area contributed by atoms with Crippen LogP contribution in [0.3, 0.4) is 0 Å². The van der Waals surface area contributed by atoms with Crippen LogP contribution < -0.4 is 10.2 Å². The van der Waals surface area contributed by atoms with E-state index in [1.165, 1.54) is 11.0 Å². The number of nitrogens with zero attached hydrogens (tertiary/aromatic N) is 2. The molecule has 1 aliphatic rings. The van der Waals surface area contributed by atoms with Crippen LogP contribution in [0.25, 0.3) is 10.9 Å². The van der Waals surface area contributed by atoms with Crippen molar-refractivity contribution in [3.8, 4) is 0 Å². The number of hydrogen-bond acceptors (Lipinski definition) is 3. The van der Waals surface area contributed by atoms with E-state index >= 15 is 0 Å². The third-order valence-electron chi connectivity index (χ3n) is 6.33. The Morgan fingerprint density at radius 3 is 2.50 bits per heavy atom. The summed E-state index contributed by atoms with van der Waals surface area (Å²) in [6.45, 7) is 4.01. The molecule has 1 atom stereocenters. The van der Waals surface area contributed by atoms with Crippen molar-refractivity contribution in [1.82, 2.24) is 10.3 Å². The Bertz CT molecular complexity index is 1490. The number of amides is 2. The van der Waals surface area contributed by atoms with Crippen LogP contribution in [0.5, 0.6) is 0 Å². The molecule has 1 aromatic heterocycles. The fourth-order valence-electron chi connectivity index (χ4n) is 4.27. The molecule has 2 heterocycles. The number of fused-ring (bicyclic) bond motifs is 2. The molecule has 5 rings (SSSR count). The van der Waals surface area contributed by atoms with E-state index in [2.05, 4.69) is 15.3 Å². The molecule has 0 fully saturated rings. The van der Waals surface area contributed by atoms with Crippen LogP contribution in [-0.2, 0) is 4.79 Å². The number of likely N-dealkylation sites (N-methyl/N-ethyl adjacent to an activating group) is 1. The molecular formula is C27H23FN4O2. The van der Waals surface area contributed by atoms with Crippen LogP contribution in [0.1, 0.15) is 32.7 Å². The van der Waals surface area contributed by atoms with Gasteiger partial charge in [0.1, 0.15) is 11.5 Å². The van der Waals surface area contributed by atoms with E-state index in [1.807, 2.05) is 26.0 Å². The molecule has 4 aromatic rings. The van der Waals surface area contributed by atoms with Crippen LogP contribution in [0, 0.1) is 19.7 Å². The van der Waals surface area contributed by atoms with Crippen molar-refractivity contribution in [2.75, 3.05) is 11.9 Å². The fraction of sp³-hybridized carbons (Fsp3) is 0.148. The fourth-order valence-corrected chi connectivity index (χ4v) is 4.27. The summed E-state index contributed by atoms with van der Waals surface area (Å²) in [4.78, 5) is 35.6. The third-order valence-corrected chi connectivity index (χ3v) is 6.33. The maximum absolute atomic E-state index is 14.8. The number of aromatic nitrogens is 1. The Kier molecular flexibility index (Phi) is 5.24. The molecule has 0 radical (unpaired) electrons. The lowest BCUT2D eigenvalue weighted by atomic mass is 10.00. The first-order valence-electron chi connectivity index (χ1n) is 10.9. The van der Waals surface area contributed by atoms with Gasteiger partial charge in [-0.1, -0.05) is 36.4 Å². The largest absolute Gasteiger partial charge is 0.351 e. The Morgan fingerprint density at radius 1 is 1.03 bits per heavy atom. The number of halogens is 1. The van der Waals surface area contributed by atoms with E-state index in [-0.39, 0.29) is 5.56 Å².